The molecule has 0 bridgehead atoms. The molecule has 0 aromatic heterocycles. The fourth-order valence-electron chi connectivity index (χ4n) is 0. The monoisotopic (exact) mass is 420 g/mol. The molecule has 0 aromatic carbocycles. The fourth-order valence-corrected chi connectivity index (χ4v) is 0. The van der Waals surface area contributed by atoms with E-state index in [-0.39, 0.29) is 39.9 Å². The Kier molecular flexibility index (Phi) is 11.8. The van der Waals surface area contributed by atoms with Crippen LogP contribution in [-0.4, -0.2) is 13.3 Å². The minimum Gasteiger partial charge on any atom is -0.811 e. The van der Waals surface area contributed by atoms with Crippen molar-refractivity contribution in [2.45, 2.75) is 0 Å². The number of hydrogen-bond acceptors (Lipinski definition) is 6. The molecule has 64 valence electrons. The smallest absolute Gasteiger partial charge is 0.811 e. The average molecular weight is 420 g/mol. The molecule has 0 saturated heterocycles. The Balaban J connectivity index is -0.000000107. The van der Waals surface area contributed by atoms with Crippen molar-refractivity contribution in [1.82, 2.24) is 0 Å². The summed E-state index contributed by atoms with van der Waals surface area (Å²) in [5.41, 5.74) is 0. The van der Waals surface area contributed by atoms with Crippen molar-refractivity contribution >= 4 is 15.2 Å². The van der Waals surface area contributed by atoms with Gasteiger partial charge in [0.2, 0.25) is 0 Å². The molecule has 9 heteroatoms. The Bertz CT molecular complexity index is 131. The van der Waals surface area contributed by atoms with E-state index in [9.17, 15) is 0 Å². The third-order valence-electron chi connectivity index (χ3n) is 0. The van der Waals surface area contributed by atoms with Gasteiger partial charge in [0.05, 0.1) is 0 Å². The molecule has 0 heterocycles. The third kappa shape index (κ3) is 408. The van der Waals surface area contributed by atoms with Gasteiger partial charge in [0.15, 0.2) is 0 Å². The largest absolute Gasteiger partial charge is 4.00 e. The van der Waals surface area contributed by atoms with Crippen LogP contribution in [0.15, 0.2) is 0 Å². The summed E-state index contributed by atoms with van der Waals surface area (Å²) >= 11 is 0. The molecule has 0 aliphatic rings. The predicted molar refractivity (Wildman–Crippen MR) is 27.1 cm³/mol. The Hall–Kier alpha value is 1.62. The molecule has 0 N–H and O–H groups in total. The molecular formula is C2H6O6P2Th. The molecule has 6 nitrogen and oxygen atoms in total. The Labute approximate surface area is 96.4 Å². The van der Waals surface area contributed by atoms with Crippen LogP contribution in [0.5, 0.6) is 0 Å². The minimum atomic E-state index is -4.14. The first-order valence-corrected chi connectivity index (χ1v) is 5.97. The Morgan fingerprint density at radius 1 is 0.818 bits per heavy atom. The van der Waals surface area contributed by atoms with Crippen molar-refractivity contribution in [1.29, 1.82) is 0 Å². The van der Waals surface area contributed by atoms with Gasteiger partial charge in [-0.25, -0.2) is 0 Å². The summed E-state index contributed by atoms with van der Waals surface area (Å²) in [4.78, 5) is 36.4. The van der Waals surface area contributed by atoms with Gasteiger partial charge in [-0.2, -0.15) is 0 Å². The maximum Gasteiger partial charge on any atom is 4.00 e. The summed E-state index contributed by atoms with van der Waals surface area (Å²) in [6.45, 7) is 1.26. The van der Waals surface area contributed by atoms with Gasteiger partial charge in [-0.15, -0.1) is 0 Å². The van der Waals surface area contributed by atoms with Crippen molar-refractivity contribution in [3.8, 4) is 0 Å². The first-order valence-electron chi connectivity index (χ1n) is 1.99. The van der Waals surface area contributed by atoms with Crippen LogP contribution in [0.4, 0.5) is 0 Å². The minimum absolute atomic E-state index is 0. The second kappa shape index (κ2) is 7.07. The number of hydrogen-bond donors (Lipinski definition) is 0. The summed E-state index contributed by atoms with van der Waals surface area (Å²) in [6, 6.07) is 0. The van der Waals surface area contributed by atoms with E-state index in [1.54, 1.807) is 0 Å². The van der Waals surface area contributed by atoms with Gasteiger partial charge in [0, 0.05) is 0 Å². The van der Waals surface area contributed by atoms with E-state index < -0.39 is 15.2 Å². The van der Waals surface area contributed by atoms with Gasteiger partial charge in [0.1, 0.15) is 0 Å². The average Bonchev–Trinajstić information content (AvgIpc) is 1.12. The molecule has 0 aliphatic heterocycles. The van der Waals surface area contributed by atoms with Gasteiger partial charge in [-0.3, -0.25) is 0 Å². The first kappa shape index (κ1) is 18.4. The van der Waals surface area contributed by atoms with E-state index >= 15 is 0 Å². The summed E-state index contributed by atoms with van der Waals surface area (Å²) in [5.74, 6) is 0. The van der Waals surface area contributed by atoms with Crippen LogP contribution in [0, 0.1) is 39.9 Å². The van der Waals surface area contributed by atoms with Crippen molar-refractivity contribution in [2.75, 3.05) is 13.3 Å². The van der Waals surface area contributed by atoms with Crippen molar-refractivity contribution in [3.63, 3.8) is 0 Å². The second-order valence-electron chi connectivity index (χ2n) is 1.54. The zero-order chi connectivity index (χ0) is 9.00. The molecular weight excluding hydrogens is 414 g/mol. The van der Waals surface area contributed by atoms with Crippen molar-refractivity contribution < 1.29 is 68.6 Å². The second-order valence-corrected chi connectivity index (χ2v) is 4.63. The fraction of sp³-hybridized carbons (Fsp3) is 1.00. The molecule has 0 aliphatic carbocycles. The van der Waals surface area contributed by atoms with Crippen molar-refractivity contribution in [2.24, 2.45) is 0 Å². The standard InChI is InChI=1S/2CH5O3P.Th/c2*1-5(2,3)4;/h2*1H3,(H2,2,3,4);/q;;+4/p-4. The molecule has 0 unspecified atom stereocenters. The van der Waals surface area contributed by atoms with E-state index in [4.69, 9.17) is 28.7 Å². The van der Waals surface area contributed by atoms with E-state index in [1.165, 1.54) is 0 Å². The third-order valence-corrected chi connectivity index (χ3v) is 0. The van der Waals surface area contributed by atoms with Gasteiger partial charge in [-0.1, -0.05) is 15.2 Å². The van der Waals surface area contributed by atoms with E-state index in [0.717, 1.165) is 0 Å². The number of rotatable bonds is 0. The zero-order valence-corrected chi connectivity index (χ0v) is 11.7. The normalized spacial score (nSPS) is 10.7. The predicted octanol–water partition coefficient (Wildman–Crippen LogP) is -2.94. The van der Waals surface area contributed by atoms with Crippen LogP contribution in [0.1, 0.15) is 0 Å². The summed E-state index contributed by atoms with van der Waals surface area (Å²) < 4.78 is 18.2. The molecule has 11 heavy (non-hydrogen) atoms. The molecule has 0 amide bonds. The Morgan fingerprint density at radius 3 is 0.818 bits per heavy atom. The molecule has 0 saturated carbocycles. The van der Waals surface area contributed by atoms with Crippen LogP contribution in [0.2, 0.25) is 0 Å². The molecule has 0 atom stereocenters. The van der Waals surface area contributed by atoms with Gasteiger partial charge in [-0.05, 0) is 13.3 Å². The maximum atomic E-state index is 9.10. The Morgan fingerprint density at radius 2 is 0.818 bits per heavy atom. The zero-order valence-electron chi connectivity index (χ0n) is 5.84. The van der Waals surface area contributed by atoms with E-state index in [0.29, 0.717) is 13.3 Å². The molecule has 0 rings (SSSR count). The molecule has 0 radical (unpaired) electrons. The van der Waals surface area contributed by atoms with E-state index in [1.807, 2.05) is 0 Å². The van der Waals surface area contributed by atoms with Crippen LogP contribution in [0.3, 0.4) is 0 Å². The van der Waals surface area contributed by atoms with Crippen LogP contribution in [0.25, 0.3) is 0 Å². The summed E-state index contributed by atoms with van der Waals surface area (Å²) in [5, 5.41) is 0. The maximum absolute atomic E-state index is 9.10. The molecule has 0 spiro atoms. The van der Waals surface area contributed by atoms with Crippen molar-refractivity contribution in [3.05, 3.63) is 0 Å². The first-order chi connectivity index (χ1) is 4.00. The van der Waals surface area contributed by atoms with Crippen LogP contribution in [-0.2, 0) is 9.13 Å². The molecule has 0 aromatic rings. The summed E-state index contributed by atoms with van der Waals surface area (Å²) in [6.07, 6.45) is 0. The van der Waals surface area contributed by atoms with Gasteiger partial charge in [0.25, 0.3) is 0 Å². The van der Waals surface area contributed by atoms with Gasteiger partial charge >= 0.3 is 39.9 Å². The topological polar surface area (TPSA) is 126 Å². The molecule has 0 fully saturated rings. The summed E-state index contributed by atoms with van der Waals surface area (Å²) in [7, 11) is -8.28. The van der Waals surface area contributed by atoms with E-state index in [2.05, 4.69) is 0 Å². The van der Waals surface area contributed by atoms with Crippen LogP contribution >= 0.6 is 15.2 Å². The quantitative estimate of drug-likeness (QED) is 0.386. The van der Waals surface area contributed by atoms with Crippen LogP contribution < -0.4 is 19.6 Å². The van der Waals surface area contributed by atoms with Gasteiger partial charge < -0.3 is 28.7 Å². The SMILES string of the molecule is CP(=O)([O-])[O-].CP(=O)([O-])[O-].[Th+4].